The molecule has 0 fully saturated rings. The molecular weight excluding hydrogens is 561 g/mol. The van der Waals surface area contributed by atoms with Crippen LogP contribution in [0.1, 0.15) is 51.2 Å². The number of amides is 2. The molecule has 0 bridgehead atoms. The highest BCUT2D eigenvalue weighted by atomic mass is 35.5. The van der Waals surface area contributed by atoms with E-state index in [1.807, 2.05) is 24.3 Å². The van der Waals surface area contributed by atoms with Crippen LogP contribution < -0.4 is 15.4 Å². The topological polar surface area (TPSA) is 93.7 Å². The number of esters is 1. The normalized spacial score (nSPS) is 11.5. The number of carbonyl (C=O) groups excluding carboxylic acids is 3. The molecule has 0 aliphatic rings. The zero-order chi connectivity index (χ0) is 30.2. The maximum Gasteiger partial charge on any atom is 0.416 e. The van der Waals surface area contributed by atoms with Crippen LogP contribution in [-0.2, 0) is 30.7 Å². The number of anilines is 2. The van der Waals surface area contributed by atoms with E-state index in [9.17, 15) is 27.6 Å². The Bertz CT molecular complexity index is 1370. The Kier molecular flexibility index (Phi) is 10.4. The van der Waals surface area contributed by atoms with Crippen molar-refractivity contribution >= 4 is 40.8 Å². The summed E-state index contributed by atoms with van der Waals surface area (Å²) >= 11 is 5.83. The lowest BCUT2D eigenvalue weighted by atomic mass is 9.87. The third-order valence-electron chi connectivity index (χ3n) is 5.81. The van der Waals surface area contributed by atoms with Gasteiger partial charge in [-0.3, -0.25) is 14.4 Å². The van der Waals surface area contributed by atoms with Crippen LogP contribution in [-0.4, -0.2) is 24.4 Å². The van der Waals surface area contributed by atoms with E-state index >= 15 is 0 Å². The zero-order valence-electron chi connectivity index (χ0n) is 22.7. The lowest BCUT2D eigenvalue weighted by Crippen LogP contribution is -2.21. The smallest absolute Gasteiger partial charge is 0.416 e. The van der Waals surface area contributed by atoms with E-state index in [0.29, 0.717) is 23.3 Å². The molecule has 218 valence electrons. The number of halogens is 4. The molecular formula is C30H30ClF3N2O5. The summed E-state index contributed by atoms with van der Waals surface area (Å²) in [5, 5.41) is 4.81. The summed E-state index contributed by atoms with van der Waals surface area (Å²) in [4.78, 5) is 36.1. The van der Waals surface area contributed by atoms with Gasteiger partial charge in [-0.2, -0.15) is 13.2 Å². The van der Waals surface area contributed by atoms with Gasteiger partial charge in [0.25, 0.3) is 5.91 Å². The average Bonchev–Trinajstić information content (AvgIpc) is 2.89. The molecule has 2 N–H and O–H groups in total. The van der Waals surface area contributed by atoms with Crippen LogP contribution in [0.5, 0.6) is 11.5 Å². The summed E-state index contributed by atoms with van der Waals surface area (Å²) in [7, 11) is 0. The van der Waals surface area contributed by atoms with Crippen molar-refractivity contribution in [1.82, 2.24) is 0 Å². The van der Waals surface area contributed by atoms with Crippen LogP contribution in [0.4, 0.5) is 24.5 Å². The summed E-state index contributed by atoms with van der Waals surface area (Å²) in [6, 6.07) is 17.2. The third kappa shape index (κ3) is 10.1. The summed E-state index contributed by atoms with van der Waals surface area (Å²) in [5.74, 6) is -0.611. The molecule has 0 aliphatic heterocycles. The van der Waals surface area contributed by atoms with Gasteiger partial charge in [-0.25, -0.2) is 0 Å². The van der Waals surface area contributed by atoms with Crippen LogP contribution in [0.15, 0.2) is 66.7 Å². The van der Waals surface area contributed by atoms with Gasteiger partial charge in [-0.05, 0) is 72.0 Å². The van der Waals surface area contributed by atoms with Gasteiger partial charge in [0.05, 0.1) is 16.3 Å². The highest BCUT2D eigenvalue weighted by molar-refractivity contribution is 6.33. The van der Waals surface area contributed by atoms with E-state index < -0.39 is 30.2 Å². The Hall–Kier alpha value is -4.05. The molecule has 0 unspecified atom stereocenters. The molecule has 0 heterocycles. The SMILES string of the molecule is CC(C)(C)c1ccc(Oc2ccc(NC(=O)CCCC(=O)OCC(=O)Nc3cc(C(F)(F)F)ccc3Cl)cc2)cc1. The van der Waals surface area contributed by atoms with Crippen molar-refractivity contribution in [3.63, 3.8) is 0 Å². The highest BCUT2D eigenvalue weighted by Crippen LogP contribution is 2.34. The van der Waals surface area contributed by atoms with E-state index in [1.54, 1.807) is 24.3 Å². The van der Waals surface area contributed by atoms with Gasteiger partial charge in [0.1, 0.15) is 11.5 Å². The minimum absolute atomic E-state index is 0.0273. The molecule has 41 heavy (non-hydrogen) atoms. The van der Waals surface area contributed by atoms with E-state index in [2.05, 4.69) is 31.4 Å². The first-order valence-electron chi connectivity index (χ1n) is 12.7. The number of hydrogen-bond acceptors (Lipinski definition) is 5. The lowest BCUT2D eigenvalue weighted by molar-refractivity contribution is -0.147. The minimum Gasteiger partial charge on any atom is -0.457 e. The number of rotatable bonds is 10. The number of carbonyl (C=O) groups is 3. The maximum atomic E-state index is 12.9. The molecule has 3 aromatic rings. The molecule has 3 aromatic carbocycles. The molecule has 0 aromatic heterocycles. The van der Waals surface area contributed by atoms with E-state index in [1.165, 1.54) is 5.56 Å². The second kappa shape index (κ2) is 13.5. The summed E-state index contributed by atoms with van der Waals surface area (Å²) in [5.41, 5.74) is 0.550. The Morgan fingerprint density at radius 3 is 1.95 bits per heavy atom. The molecule has 2 amide bonds. The molecule has 0 saturated carbocycles. The fourth-order valence-corrected chi connectivity index (χ4v) is 3.75. The average molecular weight is 591 g/mol. The van der Waals surface area contributed by atoms with Crippen molar-refractivity contribution in [2.45, 2.75) is 51.6 Å². The quantitative estimate of drug-likeness (QED) is 0.236. The number of alkyl halides is 3. The van der Waals surface area contributed by atoms with Gasteiger partial charge >= 0.3 is 12.1 Å². The minimum atomic E-state index is -4.61. The molecule has 0 radical (unpaired) electrons. The number of hydrogen-bond donors (Lipinski definition) is 2. The summed E-state index contributed by atoms with van der Waals surface area (Å²) in [6.07, 6.45) is -4.55. The highest BCUT2D eigenvalue weighted by Gasteiger charge is 2.31. The van der Waals surface area contributed by atoms with Crippen molar-refractivity contribution < 1.29 is 37.0 Å². The Morgan fingerprint density at radius 2 is 1.37 bits per heavy atom. The largest absolute Gasteiger partial charge is 0.457 e. The van der Waals surface area contributed by atoms with Crippen LogP contribution in [0, 0.1) is 0 Å². The second-order valence-corrected chi connectivity index (χ2v) is 10.6. The first kappa shape index (κ1) is 31.5. The first-order valence-corrected chi connectivity index (χ1v) is 13.1. The van der Waals surface area contributed by atoms with Crippen LogP contribution >= 0.6 is 11.6 Å². The van der Waals surface area contributed by atoms with Crippen molar-refractivity contribution in [1.29, 1.82) is 0 Å². The van der Waals surface area contributed by atoms with E-state index in [-0.39, 0.29) is 41.3 Å². The zero-order valence-corrected chi connectivity index (χ0v) is 23.5. The van der Waals surface area contributed by atoms with Gasteiger partial charge in [0.2, 0.25) is 5.91 Å². The van der Waals surface area contributed by atoms with Gasteiger partial charge in [-0.1, -0.05) is 44.5 Å². The van der Waals surface area contributed by atoms with Crippen molar-refractivity contribution in [3.05, 3.63) is 82.9 Å². The monoisotopic (exact) mass is 590 g/mol. The third-order valence-corrected chi connectivity index (χ3v) is 6.14. The fraction of sp³-hybridized carbons (Fsp3) is 0.300. The Balaban J connectivity index is 1.37. The van der Waals surface area contributed by atoms with Crippen LogP contribution in [0.3, 0.4) is 0 Å². The van der Waals surface area contributed by atoms with Crippen molar-refractivity contribution in [2.75, 3.05) is 17.2 Å². The fourth-order valence-electron chi connectivity index (χ4n) is 3.58. The number of ether oxygens (including phenoxy) is 2. The van der Waals surface area contributed by atoms with Gasteiger partial charge < -0.3 is 20.1 Å². The predicted octanol–water partition coefficient (Wildman–Crippen LogP) is 7.74. The molecule has 7 nitrogen and oxygen atoms in total. The molecule has 0 atom stereocenters. The van der Waals surface area contributed by atoms with E-state index in [0.717, 1.165) is 12.1 Å². The number of benzene rings is 3. The molecule has 0 spiro atoms. The molecule has 0 saturated heterocycles. The van der Waals surface area contributed by atoms with E-state index in [4.69, 9.17) is 21.1 Å². The molecule has 3 rings (SSSR count). The second-order valence-electron chi connectivity index (χ2n) is 10.2. The maximum absolute atomic E-state index is 12.9. The summed E-state index contributed by atoms with van der Waals surface area (Å²) < 4.78 is 49.3. The summed E-state index contributed by atoms with van der Waals surface area (Å²) in [6.45, 7) is 5.69. The van der Waals surface area contributed by atoms with Crippen molar-refractivity contribution in [2.24, 2.45) is 0 Å². The van der Waals surface area contributed by atoms with Crippen LogP contribution in [0.2, 0.25) is 5.02 Å². The first-order chi connectivity index (χ1) is 19.2. The van der Waals surface area contributed by atoms with Crippen molar-refractivity contribution in [3.8, 4) is 11.5 Å². The predicted molar refractivity (Wildman–Crippen MR) is 150 cm³/mol. The van der Waals surface area contributed by atoms with Crippen LogP contribution in [0.25, 0.3) is 0 Å². The molecule has 0 aliphatic carbocycles. The molecule has 11 heteroatoms. The van der Waals surface area contributed by atoms with Gasteiger partial charge in [-0.15, -0.1) is 0 Å². The van der Waals surface area contributed by atoms with Gasteiger partial charge in [0.15, 0.2) is 6.61 Å². The number of nitrogens with one attached hydrogen (secondary N) is 2. The Morgan fingerprint density at radius 1 is 0.780 bits per heavy atom. The standard InChI is InChI=1S/C30H30ClF3N2O5/c1-29(2,3)19-7-12-22(13-8-19)41-23-14-10-21(11-15-23)35-26(37)5-4-6-28(39)40-18-27(38)36-25-17-20(30(32,33)34)9-16-24(25)31/h7-17H,4-6,18H2,1-3H3,(H,35,37)(H,36,38). The lowest BCUT2D eigenvalue weighted by Gasteiger charge is -2.19. The Labute approximate surface area is 241 Å². The van der Waals surface area contributed by atoms with Gasteiger partial charge in [0, 0.05) is 18.5 Å².